The van der Waals surface area contributed by atoms with Gasteiger partial charge >= 0.3 is 0 Å². The molecule has 4 nitrogen and oxygen atoms in total. The molecule has 1 aromatic carbocycles. The van der Waals surface area contributed by atoms with Crippen LogP contribution in [0, 0.1) is 13.8 Å². The molecule has 1 aliphatic heterocycles. The number of ether oxygens (including phenoxy) is 1. The molecule has 1 fully saturated rings. The van der Waals surface area contributed by atoms with E-state index >= 15 is 0 Å². The van der Waals surface area contributed by atoms with Gasteiger partial charge < -0.3 is 4.74 Å². The van der Waals surface area contributed by atoms with Crippen LogP contribution < -0.4 is 0 Å². The molecule has 23 heavy (non-hydrogen) atoms. The summed E-state index contributed by atoms with van der Waals surface area (Å²) in [5, 5.41) is 8.37. The highest BCUT2D eigenvalue weighted by Crippen LogP contribution is 2.23. The zero-order valence-electron chi connectivity index (χ0n) is 14.2. The number of hydrogen-bond acceptors (Lipinski definition) is 4. The summed E-state index contributed by atoms with van der Waals surface area (Å²) in [6.45, 7) is 7.04. The van der Waals surface area contributed by atoms with E-state index in [4.69, 9.17) is 4.74 Å². The van der Waals surface area contributed by atoms with Gasteiger partial charge in [0, 0.05) is 25.3 Å². The first kappa shape index (κ1) is 16.1. The molecule has 0 N–H and O–H groups in total. The Labute approximate surface area is 138 Å². The third-order valence-corrected chi connectivity index (χ3v) is 4.57. The Kier molecular flexibility index (Phi) is 5.03. The van der Waals surface area contributed by atoms with E-state index < -0.39 is 0 Å². The standard InChI is InChI=1S/C19H25N3O/c1-14-11-20-21-19(15(14)2)17-8-6-16(7-9-17)12-22(3)13-18-5-4-10-23-18/h6-9,11,18H,4-5,10,12-13H2,1-3H3. The van der Waals surface area contributed by atoms with Gasteiger partial charge in [-0.3, -0.25) is 4.90 Å². The molecule has 2 aromatic rings. The number of aromatic nitrogens is 2. The molecule has 0 radical (unpaired) electrons. The predicted octanol–water partition coefficient (Wildman–Crippen LogP) is 3.37. The Bertz CT molecular complexity index is 648. The Morgan fingerprint density at radius 1 is 1.22 bits per heavy atom. The highest BCUT2D eigenvalue weighted by Gasteiger charge is 2.17. The van der Waals surface area contributed by atoms with Crippen molar-refractivity contribution in [1.29, 1.82) is 0 Å². The Balaban J connectivity index is 1.65. The molecule has 1 aliphatic rings. The summed E-state index contributed by atoms with van der Waals surface area (Å²) >= 11 is 0. The van der Waals surface area contributed by atoms with Crippen molar-refractivity contribution in [2.45, 2.75) is 39.3 Å². The Morgan fingerprint density at radius 3 is 2.70 bits per heavy atom. The van der Waals surface area contributed by atoms with Crippen LogP contribution in [0.15, 0.2) is 30.5 Å². The third-order valence-electron chi connectivity index (χ3n) is 4.57. The zero-order valence-corrected chi connectivity index (χ0v) is 14.2. The van der Waals surface area contributed by atoms with E-state index in [1.54, 1.807) is 0 Å². The minimum absolute atomic E-state index is 0.407. The molecular weight excluding hydrogens is 286 g/mol. The molecule has 1 saturated heterocycles. The number of likely N-dealkylation sites (N-methyl/N-ethyl adjacent to an activating group) is 1. The van der Waals surface area contributed by atoms with Gasteiger partial charge in [-0.1, -0.05) is 24.3 Å². The van der Waals surface area contributed by atoms with Crippen LogP contribution in [0.4, 0.5) is 0 Å². The van der Waals surface area contributed by atoms with Gasteiger partial charge in [-0.25, -0.2) is 0 Å². The van der Waals surface area contributed by atoms with Crippen LogP contribution in [-0.4, -0.2) is 41.4 Å². The van der Waals surface area contributed by atoms with Gasteiger partial charge in [0.15, 0.2) is 0 Å². The van der Waals surface area contributed by atoms with E-state index in [2.05, 4.69) is 60.3 Å². The molecule has 0 saturated carbocycles. The molecule has 1 aromatic heterocycles. The lowest BCUT2D eigenvalue weighted by Crippen LogP contribution is -2.28. The van der Waals surface area contributed by atoms with E-state index in [9.17, 15) is 0 Å². The fourth-order valence-corrected chi connectivity index (χ4v) is 3.09. The lowest BCUT2D eigenvalue weighted by atomic mass is 10.0. The smallest absolute Gasteiger partial charge is 0.0961 e. The minimum Gasteiger partial charge on any atom is -0.377 e. The molecule has 2 heterocycles. The number of rotatable bonds is 5. The summed E-state index contributed by atoms with van der Waals surface area (Å²) in [5.41, 5.74) is 5.79. The van der Waals surface area contributed by atoms with Gasteiger partial charge in [-0.15, -0.1) is 0 Å². The van der Waals surface area contributed by atoms with Crippen LogP contribution in [0.1, 0.15) is 29.5 Å². The molecule has 0 amide bonds. The fourth-order valence-electron chi connectivity index (χ4n) is 3.09. The van der Waals surface area contributed by atoms with Crippen molar-refractivity contribution in [3.8, 4) is 11.3 Å². The summed E-state index contributed by atoms with van der Waals surface area (Å²) in [6, 6.07) is 8.66. The van der Waals surface area contributed by atoms with Crippen molar-refractivity contribution >= 4 is 0 Å². The van der Waals surface area contributed by atoms with Gasteiger partial charge in [0.1, 0.15) is 0 Å². The largest absolute Gasteiger partial charge is 0.377 e. The quantitative estimate of drug-likeness (QED) is 0.848. The first-order chi connectivity index (χ1) is 11.1. The number of hydrogen-bond donors (Lipinski definition) is 0. The second-order valence-electron chi connectivity index (χ2n) is 6.53. The van der Waals surface area contributed by atoms with Crippen molar-refractivity contribution in [3.63, 3.8) is 0 Å². The van der Waals surface area contributed by atoms with E-state index in [1.165, 1.54) is 29.5 Å². The van der Waals surface area contributed by atoms with Crippen LogP contribution in [0.25, 0.3) is 11.3 Å². The monoisotopic (exact) mass is 311 g/mol. The molecule has 0 bridgehead atoms. The summed E-state index contributed by atoms with van der Waals surface area (Å²) in [5.74, 6) is 0. The summed E-state index contributed by atoms with van der Waals surface area (Å²) in [6.07, 6.45) is 4.61. The molecule has 0 spiro atoms. The zero-order chi connectivity index (χ0) is 16.2. The van der Waals surface area contributed by atoms with Gasteiger partial charge in [-0.2, -0.15) is 10.2 Å². The van der Waals surface area contributed by atoms with Gasteiger partial charge in [0.2, 0.25) is 0 Å². The molecule has 4 heteroatoms. The SMILES string of the molecule is Cc1cnnc(-c2ccc(CN(C)CC3CCCO3)cc2)c1C. The summed E-state index contributed by atoms with van der Waals surface area (Å²) < 4.78 is 5.71. The molecule has 1 unspecified atom stereocenters. The highest BCUT2D eigenvalue weighted by molar-refractivity contribution is 5.63. The third kappa shape index (κ3) is 3.95. The van der Waals surface area contributed by atoms with Crippen molar-refractivity contribution in [1.82, 2.24) is 15.1 Å². The fraction of sp³-hybridized carbons (Fsp3) is 0.474. The van der Waals surface area contributed by atoms with Crippen molar-refractivity contribution < 1.29 is 4.74 Å². The van der Waals surface area contributed by atoms with E-state index in [1.807, 2.05) is 6.20 Å². The van der Waals surface area contributed by atoms with E-state index in [0.717, 1.165) is 31.0 Å². The maximum absolute atomic E-state index is 5.71. The van der Waals surface area contributed by atoms with E-state index in [0.29, 0.717) is 6.10 Å². The number of nitrogens with zero attached hydrogens (tertiary/aromatic N) is 3. The van der Waals surface area contributed by atoms with Crippen LogP contribution >= 0.6 is 0 Å². The van der Waals surface area contributed by atoms with Crippen LogP contribution in [0.5, 0.6) is 0 Å². The van der Waals surface area contributed by atoms with Crippen LogP contribution in [0.2, 0.25) is 0 Å². The second kappa shape index (κ2) is 7.20. The molecule has 3 rings (SSSR count). The second-order valence-corrected chi connectivity index (χ2v) is 6.53. The first-order valence-electron chi connectivity index (χ1n) is 8.32. The van der Waals surface area contributed by atoms with Crippen LogP contribution in [-0.2, 0) is 11.3 Å². The minimum atomic E-state index is 0.407. The Hall–Kier alpha value is -1.78. The van der Waals surface area contributed by atoms with Gasteiger partial charge in [0.25, 0.3) is 0 Å². The molecule has 122 valence electrons. The highest BCUT2D eigenvalue weighted by atomic mass is 16.5. The molecule has 0 aliphatic carbocycles. The predicted molar refractivity (Wildman–Crippen MR) is 92.3 cm³/mol. The first-order valence-corrected chi connectivity index (χ1v) is 8.32. The van der Waals surface area contributed by atoms with Crippen molar-refractivity contribution in [3.05, 3.63) is 47.2 Å². The molecular formula is C19H25N3O. The number of aryl methyl sites for hydroxylation is 1. The van der Waals surface area contributed by atoms with Crippen molar-refractivity contribution in [2.75, 3.05) is 20.2 Å². The van der Waals surface area contributed by atoms with Crippen LogP contribution in [0.3, 0.4) is 0 Å². The normalized spacial score (nSPS) is 17.8. The topological polar surface area (TPSA) is 38.2 Å². The lowest BCUT2D eigenvalue weighted by molar-refractivity contribution is 0.0793. The average molecular weight is 311 g/mol. The summed E-state index contributed by atoms with van der Waals surface area (Å²) in [7, 11) is 2.16. The average Bonchev–Trinajstić information content (AvgIpc) is 3.04. The Morgan fingerprint density at radius 2 is 2.00 bits per heavy atom. The maximum atomic E-state index is 5.71. The van der Waals surface area contributed by atoms with Crippen molar-refractivity contribution in [2.24, 2.45) is 0 Å². The number of benzene rings is 1. The van der Waals surface area contributed by atoms with Gasteiger partial charge in [-0.05, 0) is 50.4 Å². The maximum Gasteiger partial charge on any atom is 0.0961 e. The van der Waals surface area contributed by atoms with Gasteiger partial charge in [0.05, 0.1) is 18.0 Å². The lowest BCUT2D eigenvalue weighted by Gasteiger charge is -2.20. The summed E-state index contributed by atoms with van der Waals surface area (Å²) in [4.78, 5) is 2.34. The molecule has 1 atom stereocenters. The van der Waals surface area contributed by atoms with E-state index in [-0.39, 0.29) is 0 Å².